The molecule has 1 saturated heterocycles. The van der Waals surface area contributed by atoms with Gasteiger partial charge in [-0.05, 0) is 30.2 Å². The molecule has 3 N–H and O–H groups in total. The average Bonchev–Trinajstić information content (AvgIpc) is 3.05. The van der Waals surface area contributed by atoms with Crippen LogP contribution in [0.3, 0.4) is 0 Å². The summed E-state index contributed by atoms with van der Waals surface area (Å²) in [5.41, 5.74) is 6.75. The fourth-order valence-corrected chi connectivity index (χ4v) is 2.97. The number of rotatable bonds is 4. The molecular weight excluding hydrogens is 345 g/mol. The van der Waals surface area contributed by atoms with Crippen LogP contribution in [-0.4, -0.2) is 30.0 Å². The number of aromatic nitrogens is 1. The van der Waals surface area contributed by atoms with Crippen LogP contribution >= 0.6 is 0 Å². The molecule has 2 aromatic rings. The number of hydrogen-bond acceptors (Lipinski definition) is 4. The van der Waals surface area contributed by atoms with Gasteiger partial charge in [-0.1, -0.05) is 12.1 Å². The maximum atomic E-state index is 12.8. The Bertz CT molecular complexity index is 777. The van der Waals surface area contributed by atoms with Gasteiger partial charge in [-0.3, -0.25) is 9.78 Å². The smallest absolute Gasteiger partial charge is 0.399 e. The number of anilines is 2. The number of nitrogens with one attached hydrogen (secondary N) is 1. The second-order valence-corrected chi connectivity index (χ2v) is 6.35. The lowest BCUT2D eigenvalue weighted by molar-refractivity contribution is -0.137. The zero-order valence-corrected chi connectivity index (χ0v) is 14.0. The Morgan fingerprint density at radius 2 is 2.00 bits per heavy atom. The Morgan fingerprint density at radius 1 is 1.27 bits per heavy atom. The lowest BCUT2D eigenvalue weighted by atomic mass is 10.1. The normalized spacial score (nSPS) is 17.3. The van der Waals surface area contributed by atoms with E-state index in [4.69, 9.17) is 5.73 Å². The van der Waals surface area contributed by atoms with Crippen molar-refractivity contribution < 1.29 is 18.0 Å². The summed E-state index contributed by atoms with van der Waals surface area (Å²) in [7, 11) is 0. The molecule has 2 heterocycles. The van der Waals surface area contributed by atoms with Gasteiger partial charge in [0, 0.05) is 31.0 Å². The van der Waals surface area contributed by atoms with Crippen LogP contribution in [0.25, 0.3) is 0 Å². The van der Waals surface area contributed by atoms with Crippen LogP contribution in [0.2, 0.25) is 0 Å². The molecule has 0 saturated carbocycles. The van der Waals surface area contributed by atoms with Crippen molar-refractivity contribution in [3.8, 4) is 0 Å². The van der Waals surface area contributed by atoms with Crippen molar-refractivity contribution in [2.45, 2.75) is 25.1 Å². The summed E-state index contributed by atoms with van der Waals surface area (Å²) in [5, 5.41) is 2.93. The molecule has 0 unspecified atom stereocenters. The third-order valence-electron chi connectivity index (χ3n) is 4.31. The first-order valence-electron chi connectivity index (χ1n) is 8.22. The molecule has 3 rings (SSSR count). The van der Waals surface area contributed by atoms with Crippen molar-refractivity contribution in [2.24, 2.45) is 0 Å². The number of nitrogens with zero attached hydrogens (tertiary/aromatic N) is 2. The molecule has 0 radical (unpaired) electrons. The third-order valence-corrected chi connectivity index (χ3v) is 4.31. The van der Waals surface area contributed by atoms with E-state index in [9.17, 15) is 18.0 Å². The second-order valence-electron chi connectivity index (χ2n) is 6.35. The molecule has 1 aromatic heterocycles. The molecule has 138 valence electrons. The zero-order valence-electron chi connectivity index (χ0n) is 14.0. The van der Waals surface area contributed by atoms with Gasteiger partial charge in [-0.15, -0.1) is 0 Å². The molecule has 0 aliphatic carbocycles. The maximum absolute atomic E-state index is 12.8. The highest BCUT2D eigenvalue weighted by Crippen LogP contribution is 2.31. The lowest BCUT2D eigenvalue weighted by Crippen LogP contribution is -2.38. The SMILES string of the molecule is Nc1ccc(CC(=O)N[C@@H]2CCN(c3cncc(C(F)(F)F)c3)C2)cc1. The highest BCUT2D eigenvalue weighted by Gasteiger charge is 2.32. The van der Waals surface area contributed by atoms with E-state index in [0.717, 1.165) is 17.8 Å². The van der Waals surface area contributed by atoms with Gasteiger partial charge in [-0.2, -0.15) is 13.2 Å². The predicted octanol–water partition coefficient (Wildman–Crippen LogP) is 2.62. The number of amides is 1. The van der Waals surface area contributed by atoms with Crippen molar-refractivity contribution in [2.75, 3.05) is 23.7 Å². The predicted molar refractivity (Wildman–Crippen MR) is 92.6 cm³/mol. The number of halogens is 3. The van der Waals surface area contributed by atoms with Crippen LogP contribution in [0, 0.1) is 0 Å². The van der Waals surface area contributed by atoms with Crippen molar-refractivity contribution in [3.05, 3.63) is 53.9 Å². The molecule has 5 nitrogen and oxygen atoms in total. The molecular formula is C18H19F3N4O. The molecule has 1 aliphatic heterocycles. The van der Waals surface area contributed by atoms with Crippen LogP contribution in [-0.2, 0) is 17.4 Å². The minimum absolute atomic E-state index is 0.106. The fourth-order valence-electron chi connectivity index (χ4n) is 2.97. The van der Waals surface area contributed by atoms with Crippen LogP contribution in [0.1, 0.15) is 17.5 Å². The van der Waals surface area contributed by atoms with Gasteiger partial charge in [0.25, 0.3) is 0 Å². The van der Waals surface area contributed by atoms with Gasteiger partial charge in [0.15, 0.2) is 0 Å². The minimum atomic E-state index is -4.42. The first-order valence-corrected chi connectivity index (χ1v) is 8.22. The van der Waals surface area contributed by atoms with Gasteiger partial charge >= 0.3 is 6.18 Å². The summed E-state index contributed by atoms with van der Waals surface area (Å²) < 4.78 is 38.4. The van der Waals surface area contributed by atoms with Gasteiger partial charge in [0.1, 0.15) is 0 Å². The van der Waals surface area contributed by atoms with Gasteiger partial charge in [0.2, 0.25) is 5.91 Å². The Hall–Kier alpha value is -2.77. The summed E-state index contributed by atoms with van der Waals surface area (Å²) in [5.74, 6) is -0.121. The standard InChI is InChI=1S/C18H19F3N4O/c19-18(20,21)13-8-16(10-23-9-13)25-6-5-15(11-25)24-17(26)7-12-1-3-14(22)4-2-12/h1-4,8-10,15H,5-7,11,22H2,(H,24,26)/t15-/m1/s1. The number of nitrogen functional groups attached to an aromatic ring is 1. The van der Waals surface area contributed by atoms with Gasteiger partial charge < -0.3 is 16.0 Å². The van der Waals surface area contributed by atoms with E-state index in [0.29, 0.717) is 30.9 Å². The van der Waals surface area contributed by atoms with Crippen LogP contribution < -0.4 is 16.0 Å². The average molecular weight is 364 g/mol. The number of nitrogens with two attached hydrogens (primary N) is 1. The first kappa shape index (κ1) is 18.0. The van der Waals surface area contributed by atoms with E-state index >= 15 is 0 Å². The van der Waals surface area contributed by atoms with E-state index < -0.39 is 11.7 Å². The number of alkyl halides is 3. The first-order chi connectivity index (χ1) is 12.3. The van der Waals surface area contributed by atoms with Crippen molar-refractivity contribution in [1.29, 1.82) is 0 Å². The lowest BCUT2D eigenvalue weighted by Gasteiger charge is -2.20. The fraction of sp³-hybridized carbons (Fsp3) is 0.333. The molecule has 1 fully saturated rings. The Kier molecular flexibility index (Phi) is 5.01. The van der Waals surface area contributed by atoms with Crippen molar-refractivity contribution >= 4 is 17.3 Å². The maximum Gasteiger partial charge on any atom is 0.417 e. The third kappa shape index (κ3) is 4.44. The number of carbonyl (C=O) groups is 1. The molecule has 26 heavy (non-hydrogen) atoms. The summed E-state index contributed by atoms with van der Waals surface area (Å²) in [6, 6.07) is 8.05. The molecule has 1 aromatic carbocycles. The Morgan fingerprint density at radius 3 is 2.69 bits per heavy atom. The number of pyridine rings is 1. The van der Waals surface area contributed by atoms with Crippen LogP contribution in [0.5, 0.6) is 0 Å². The van der Waals surface area contributed by atoms with E-state index in [-0.39, 0.29) is 18.4 Å². The monoisotopic (exact) mass is 364 g/mol. The van der Waals surface area contributed by atoms with Gasteiger partial charge in [0.05, 0.1) is 23.9 Å². The topological polar surface area (TPSA) is 71.2 Å². The van der Waals surface area contributed by atoms with Gasteiger partial charge in [-0.25, -0.2) is 0 Å². The number of benzene rings is 1. The molecule has 0 spiro atoms. The van der Waals surface area contributed by atoms with E-state index in [1.54, 1.807) is 29.2 Å². The zero-order chi connectivity index (χ0) is 18.7. The molecule has 1 amide bonds. The highest BCUT2D eigenvalue weighted by molar-refractivity contribution is 5.79. The highest BCUT2D eigenvalue weighted by atomic mass is 19.4. The Labute approximate surface area is 149 Å². The largest absolute Gasteiger partial charge is 0.417 e. The summed E-state index contributed by atoms with van der Waals surface area (Å²) in [6.45, 7) is 1.02. The second kappa shape index (κ2) is 7.23. The van der Waals surface area contributed by atoms with Crippen molar-refractivity contribution in [3.63, 3.8) is 0 Å². The van der Waals surface area contributed by atoms with E-state index in [1.165, 1.54) is 6.20 Å². The summed E-state index contributed by atoms with van der Waals surface area (Å²) >= 11 is 0. The quantitative estimate of drug-likeness (QED) is 0.819. The summed E-state index contributed by atoms with van der Waals surface area (Å²) in [6.07, 6.45) is -1.29. The molecule has 8 heteroatoms. The van der Waals surface area contributed by atoms with Crippen LogP contribution in [0.4, 0.5) is 24.5 Å². The summed E-state index contributed by atoms with van der Waals surface area (Å²) in [4.78, 5) is 17.6. The Balaban J connectivity index is 1.57. The minimum Gasteiger partial charge on any atom is -0.399 e. The van der Waals surface area contributed by atoms with E-state index in [2.05, 4.69) is 10.3 Å². The molecule has 1 atom stereocenters. The van der Waals surface area contributed by atoms with Crippen molar-refractivity contribution in [1.82, 2.24) is 10.3 Å². The van der Waals surface area contributed by atoms with Crippen LogP contribution in [0.15, 0.2) is 42.7 Å². The molecule has 1 aliphatic rings. The number of hydrogen-bond donors (Lipinski definition) is 2. The van der Waals surface area contributed by atoms with E-state index in [1.807, 2.05) is 0 Å². The number of carbonyl (C=O) groups excluding carboxylic acids is 1. The molecule has 0 bridgehead atoms.